The normalized spacial score (nSPS) is 11.4. The van der Waals surface area contributed by atoms with Crippen LogP contribution in [0.15, 0.2) is 42.5 Å². The summed E-state index contributed by atoms with van der Waals surface area (Å²) in [5.41, 5.74) is 0.574. The van der Waals surface area contributed by atoms with Crippen molar-refractivity contribution in [1.29, 1.82) is 0 Å². The molecule has 6 heteroatoms. The average molecular weight is 358 g/mol. The molecule has 0 aromatic heterocycles. The first kappa shape index (κ1) is 19.3. The van der Waals surface area contributed by atoms with Gasteiger partial charge in [-0.1, -0.05) is 6.07 Å². The summed E-state index contributed by atoms with van der Waals surface area (Å²) < 4.78 is 21.1. The molecule has 0 saturated carbocycles. The van der Waals surface area contributed by atoms with Gasteiger partial charge in [0.1, 0.15) is 22.8 Å². The van der Waals surface area contributed by atoms with E-state index >= 15 is 0 Å². The van der Waals surface area contributed by atoms with Crippen molar-refractivity contribution in [1.82, 2.24) is 0 Å². The standard InChI is InChI=1S/C20H22O6/c1-5-25-15-11-9-14(10-12-15)19(21)13(2)26-20(22)18-16(23-3)7-6-8-17(18)24-4/h6-13H,5H2,1-4H3. The van der Waals surface area contributed by atoms with Gasteiger partial charge < -0.3 is 18.9 Å². The highest BCUT2D eigenvalue weighted by molar-refractivity contribution is 6.02. The summed E-state index contributed by atoms with van der Waals surface area (Å²) in [6.07, 6.45) is -0.963. The quantitative estimate of drug-likeness (QED) is 0.531. The number of ether oxygens (including phenoxy) is 4. The number of methoxy groups -OCH3 is 2. The second-order valence-electron chi connectivity index (χ2n) is 5.41. The van der Waals surface area contributed by atoms with E-state index in [4.69, 9.17) is 18.9 Å². The Kier molecular flexibility index (Phi) is 6.60. The minimum Gasteiger partial charge on any atom is -0.496 e. The number of carbonyl (C=O) groups is 2. The van der Waals surface area contributed by atoms with Gasteiger partial charge >= 0.3 is 5.97 Å². The van der Waals surface area contributed by atoms with Crippen LogP contribution in [0, 0.1) is 0 Å². The number of hydrogen-bond acceptors (Lipinski definition) is 6. The summed E-state index contributed by atoms with van der Waals surface area (Å²) in [4.78, 5) is 25.0. The summed E-state index contributed by atoms with van der Waals surface area (Å²) >= 11 is 0. The zero-order chi connectivity index (χ0) is 19.1. The molecule has 0 heterocycles. The summed E-state index contributed by atoms with van der Waals surface area (Å²) in [5.74, 6) is 0.305. The first-order valence-corrected chi connectivity index (χ1v) is 8.20. The molecule has 1 atom stereocenters. The molecule has 0 radical (unpaired) electrons. The van der Waals surface area contributed by atoms with Crippen molar-refractivity contribution < 1.29 is 28.5 Å². The van der Waals surface area contributed by atoms with Gasteiger partial charge in [0.2, 0.25) is 5.78 Å². The molecule has 2 rings (SSSR count). The monoisotopic (exact) mass is 358 g/mol. The van der Waals surface area contributed by atoms with Crippen LogP contribution >= 0.6 is 0 Å². The second kappa shape index (κ2) is 8.89. The van der Waals surface area contributed by atoms with E-state index in [2.05, 4.69) is 0 Å². The maximum Gasteiger partial charge on any atom is 0.346 e. The van der Waals surface area contributed by atoms with E-state index in [1.807, 2.05) is 6.92 Å². The van der Waals surface area contributed by atoms with Crippen LogP contribution in [0.5, 0.6) is 17.2 Å². The van der Waals surface area contributed by atoms with Crippen LogP contribution < -0.4 is 14.2 Å². The van der Waals surface area contributed by atoms with E-state index in [-0.39, 0.29) is 11.3 Å². The SMILES string of the molecule is CCOc1ccc(C(=O)C(C)OC(=O)c2c(OC)cccc2OC)cc1. The van der Waals surface area contributed by atoms with Gasteiger partial charge in [0.15, 0.2) is 6.10 Å². The third kappa shape index (κ3) is 4.33. The Hall–Kier alpha value is -3.02. The van der Waals surface area contributed by atoms with Gasteiger partial charge in [0.25, 0.3) is 0 Å². The Morgan fingerprint density at radius 3 is 2.04 bits per heavy atom. The van der Waals surface area contributed by atoms with Gasteiger partial charge in [-0.05, 0) is 50.2 Å². The number of ketones is 1. The molecule has 26 heavy (non-hydrogen) atoms. The lowest BCUT2D eigenvalue weighted by Gasteiger charge is -2.16. The Morgan fingerprint density at radius 1 is 0.962 bits per heavy atom. The van der Waals surface area contributed by atoms with Crippen molar-refractivity contribution in [2.75, 3.05) is 20.8 Å². The maximum absolute atomic E-state index is 12.5. The lowest BCUT2D eigenvalue weighted by molar-refractivity contribution is 0.0312. The number of benzene rings is 2. The average Bonchev–Trinajstić information content (AvgIpc) is 2.67. The van der Waals surface area contributed by atoms with Gasteiger partial charge in [0, 0.05) is 5.56 Å². The van der Waals surface area contributed by atoms with Gasteiger partial charge in [0.05, 0.1) is 20.8 Å². The Labute approximate surface area is 152 Å². The zero-order valence-corrected chi connectivity index (χ0v) is 15.3. The third-order valence-corrected chi connectivity index (χ3v) is 3.73. The van der Waals surface area contributed by atoms with Crippen molar-refractivity contribution >= 4 is 11.8 Å². The second-order valence-corrected chi connectivity index (χ2v) is 5.41. The first-order chi connectivity index (χ1) is 12.5. The van der Waals surface area contributed by atoms with Crippen LogP contribution in [0.25, 0.3) is 0 Å². The fraction of sp³-hybridized carbons (Fsp3) is 0.300. The fourth-order valence-electron chi connectivity index (χ4n) is 2.44. The summed E-state index contributed by atoms with van der Waals surface area (Å²) in [7, 11) is 2.89. The Morgan fingerprint density at radius 2 is 1.54 bits per heavy atom. The van der Waals surface area contributed by atoms with Crippen molar-refractivity contribution in [2.24, 2.45) is 0 Å². The summed E-state index contributed by atoms with van der Waals surface area (Å²) in [5, 5.41) is 0. The zero-order valence-electron chi connectivity index (χ0n) is 15.3. The molecule has 0 bridgehead atoms. The van der Waals surface area contributed by atoms with Gasteiger partial charge in [-0.3, -0.25) is 4.79 Å². The number of carbonyl (C=O) groups excluding carboxylic acids is 2. The number of rotatable bonds is 8. The van der Waals surface area contributed by atoms with Crippen LogP contribution in [0.1, 0.15) is 34.6 Å². The lowest BCUT2D eigenvalue weighted by atomic mass is 10.1. The van der Waals surface area contributed by atoms with Crippen LogP contribution in [-0.2, 0) is 4.74 Å². The molecule has 0 saturated heterocycles. The molecule has 0 spiro atoms. The Bertz CT molecular complexity index is 744. The van der Waals surface area contributed by atoms with Crippen molar-refractivity contribution in [3.05, 3.63) is 53.6 Å². The van der Waals surface area contributed by atoms with Crippen molar-refractivity contribution in [3.8, 4) is 17.2 Å². The van der Waals surface area contributed by atoms with Crippen molar-refractivity contribution in [2.45, 2.75) is 20.0 Å². The van der Waals surface area contributed by atoms with E-state index in [1.54, 1.807) is 42.5 Å². The van der Waals surface area contributed by atoms with E-state index < -0.39 is 12.1 Å². The molecular formula is C20H22O6. The van der Waals surface area contributed by atoms with Crippen LogP contribution in [-0.4, -0.2) is 38.7 Å². The topological polar surface area (TPSA) is 71.1 Å². The van der Waals surface area contributed by atoms with Gasteiger partial charge in [-0.25, -0.2) is 4.79 Å². The van der Waals surface area contributed by atoms with Gasteiger partial charge in [-0.2, -0.15) is 0 Å². The van der Waals surface area contributed by atoms with Crippen LogP contribution in [0.2, 0.25) is 0 Å². The first-order valence-electron chi connectivity index (χ1n) is 8.20. The predicted molar refractivity (Wildman–Crippen MR) is 96.4 cm³/mol. The van der Waals surface area contributed by atoms with Gasteiger partial charge in [-0.15, -0.1) is 0 Å². The minimum atomic E-state index is -0.963. The van der Waals surface area contributed by atoms with E-state index in [9.17, 15) is 9.59 Å². The van der Waals surface area contributed by atoms with Crippen LogP contribution in [0.4, 0.5) is 0 Å². The van der Waals surface area contributed by atoms with Crippen molar-refractivity contribution in [3.63, 3.8) is 0 Å². The summed E-state index contributed by atoms with van der Waals surface area (Å²) in [6.45, 7) is 3.95. The molecule has 0 aliphatic heterocycles. The molecule has 0 N–H and O–H groups in total. The molecule has 6 nitrogen and oxygen atoms in total. The molecule has 0 fully saturated rings. The minimum absolute atomic E-state index is 0.142. The smallest absolute Gasteiger partial charge is 0.346 e. The summed E-state index contributed by atoms with van der Waals surface area (Å²) in [6, 6.07) is 11.6. The highest BCUT2D eigenvalue weighted by Gasteiger charge is 2.25. The van der Waals surface area contributed by atoms with Crippen LogP contribution in [0.3, 0.4) is 0 Å². The molecule has 2 aromatic carbocycles. The number of esters is 1. The highest BCUT2D eigenvalue weighted by atomic mass is 16.6. The van der Waals surface area contributed by atoms with E-state index in [0.29, 0.717) is 29.4 Å². The number of hydrogen-bond donors (Lipinski definition) is 0. The Balaban J connectivity index is 2.15. The highest BCUT2D eigenvalue weighted by Crippen LogP contribution is 2.29. The molecule has 0 aliphatic carbocycles. The molecule has 0 aliphatic rings. The lowest BCUT2D eigenvalue weighted by Crippen LogP contribution is -2.25. The third-order valence-electron chi connectivity index (χ3n) is 3.73. The maximum atomic E-state index is 12.5. The number of Topliss-reactive ketones (excluding diaryl/α,β-unsaturated/α-hetero) is 1. The largest absolute Gasteiger partial charge is 0.496 e. The molecule has 138 valence electrons. The molecule has 1 unspecified atom stereocenters. The van der Waals surface area contributed by atoms with E-state index in [0.717, 1.165) is 0 Å². The molecule has 2 aromatic rings. The van der Waals surface area contributed by atoms with E-state index in [1.165, 1.54) is 21.1 Å². The molecular weight excluding hydrogens is 336 g/mol. The fourth-order valence-corrected chi connectivity index (χ4v) is 2.44. The predicted octanol–water partition coefficient (Wildman–Crippen LogP) is 3.53. The molecule has 0 amide bonds.